The largest absolute Gasteiger partial charge is 0.465 e. The van der Waals surface area contributed by atoms with Gasteiger partial charge in [0.05, 0.1) is 25.4 Å². The third-order valence-electron chi connectivity index (χ3n) is 5.72. The van der Waals surface area contributed by atoms with Gasteiger partial charge in [-0.05, 0) is 30.3 Å². The van der Waals surface area contributed by atoms with E-state index in [-0.39, 0.29) is 12.1 Å². The zero-order valence-corrected chi connectivity index (χ0v) is 18.8. The monoisotopic (exact) mass is 475 g/mol. The molecule has 2 aromatic rings. The van der Waals surface area contributed by atoms with E-state index >= 15 is 0 Å². The molecule has 0 saturated carbocycles. The van der Waals surface area contributed by atoms with Crippen LogP contribution < -0.4 is 10.1 Å². The average molecular weight is 475 g/mol. The molecule has 0 aliphatic carbocycles. The zero-order valence-electron chi connectivity index (χ0n) is 18.8. The van der Waals surface area contributed by atoms with Crippen LogP contribution in [0.3, 0.4) is 0 Å². The second kappa shape index (κ2) is 10.9. The molecule has 1 heterocycles. The Bertz CT molecular complexity index is 985. The Morgan fingerprint density at radius 3 is 2.50 bits per heavy atom. The van der Waals surface area contributed by atoms with Gasteiger partial charge in [0.25, 0.3) is 11.7 Å². The van der Waals surface area contributed by atoms with Gasteiger partial charge in [-0.15, -0.1) is 0 Å². The highest BCUT2D eigenvalue weighted by atomic mass is 16.7. The van der Waals surface area contributed by atoms with Gasteiger partial charge < -0.3 is 40.0 Å². The van der Waals surface area contributed by atoms with Crippen molar-refractivity contribution >= 4 is 11.9 Å². The molecule has 1 fully saturated rings. The van der Waals surface area contributed by atoms with Crippen LogP contribution in [-0.2, 0) is 14.3 Å². The molecule has 1 amide bonds. The van der Waals surface area contributed by atoms with E-state index < -0.39 is 54.4 Å². The fourth-order valence-corrected chi connectivity index (χ4v) is 3.71. The minimum atomic E-state index is -2.46. The number of benzene rings is 2. The summed E-state index contributed by atoms with van der Waals surface area (Å²) in [4.78, 5) is 24.4. The average Bonchev–Trinajstić information content (AvgIpc) is 2.84. The zero-order chi connectivity index (χ0) is 24.9. The number of rotatable bonds is 8. The lowest BCUT2D eigenvalue weighted by Crippen LogP contribution is -2.60. The molecule has 3 rings (SSSR count). The first kappa shape index (κ1) is 25.6. The van der Waals surface area contributed by atoms with Crippen molar-refractivity contribution in [1.29, 1.82) is 0 Å². The van der Waals surface area contributed by atoms with Crippen molar-refractivity contribution < 1.29 is 44.2 Å². The van der Waals surface area contributed by atoms with E-state index in [9.17, 15) is 30.0 Å². The third-order valence-corrected chi connectivity index (χ3v) is 5.72. The smallest absolute Gasteiger partial charge is 0.366 e. The molecular formula is C24H29NO9. The normalized spacial score (nSPS) is 26.2. The highest BCUT2D eigenvalue weighted by Crippen LogP contribution is 2.34. The molecule has 10 nitrogen and oxygen atoms in total. The Balaban J connectivity index is 1.61. The summed E-state index contributed by atoms with van der Waals surface area (Å²) in [6.45, 7) is 1.18. The molecule has 1 aliphatic heterocycles. The van der Waals surface area contributed by atoms with E-state index in [0.29, 0.717) is 11.5 Å². The number of carbonyl (C=O) groups is 2. The van der Waals surface area contributed by atoms with E-state index in [1.165, 1.54) is 6.07 Å². The SMILES string of the molecule is COC(=O)[C@@]1(O)C[C@@H](O)[C@@H](C)C([C@H](O)[C@H](O)CNC(=O)c2cccc(Oc3ccccc3)c2)O1. The Morgan fingerprint density at radius 1 is 1.15 bits per heavy atom. The molecule has 2 aromatic carbocycles. The van der Waals surface area contributed by atoms with Gasteiger partial charge in [-0.25, -0.2) is 4.79 Å². The van der Waals surface area contributed by atoms with Gasteiger partial charge in [-0.2, -0.15) is 0 Å². The summed E-state index contributed by atoms with van der Waals surface area (Å²) in [5.74, 6) is -3.79. The Hall–Kier alpha value is -3.02. The van der Waals surface area contributed by atoms with Crippen molar-refractivity contribution in [2.24, 2.45) is 5.92 Å². The quantitative estimate of drug-likeness (QED) is 0.345. The van der Waals surface area contributed by atoms with Gasteiger partial charge in [0.1, 0.15) is 17.6 Å². The Kier molecular flexibility index (Phi) is 8.24. The number of amides is 1. The summed E-state index contributed by atoms with van der Waals surface area (Å²) in [5, 5.41) is 44.2. The molecular weight excluding hydrogens is 446 g/mol. The molecule has 0 spiro atoms. The highest BCUT2D eigenvalue weighted by Gasteiger charge is 2.52. The summed E-state index contributed by atoms with van der Waals surface area (Å²) < 4.78 is 15.6. The van der Waals surface area contributed by atoms with Crippen LogP contribution >= 0.6 is 0 Å². The first-order valence-corrected chi connectivity index (χ1v) is 10.8. The fraction of sp³-hybridized carbons (Fsp3) is 0.417. The molecule has 10 heteroatoms. The van der Waals surface area contributed by atoms with Crippen LogP contribution in [0.15, 0.2) is 54.6 Å². The van der Waals surface area contributed by atoms with E-state index in [4.69, 9.17) is 9.47 Å². The lowest BCUT2D eigenvalue weighted by molar-refractivity contribution is -0.302. The van der Waals surface area contributed by atoms with Crippen LogP contribution in [0.1, 0.15) is 23.7 Å². The van der Waals surface area contributed by atoms with Crippen molar-refractivity contribution in [1.82, 2.24) is 5.32 Å². The fourth-order valence-electron chi connectivity index (χ4n) is 3.71. The number of esters is 1. The maximum absolute atomic E-state index is 12.6. The Morgan fingerprint density at radius 2 is 1.82 bits per heavy atom. The number of aliphatic hydroxyl groups excluding tert-OH is 3. The first-order chi connectivity index (χ1) is 16.1. The predicted octanol–water partition coefficient (Wildman–Crippen LogP) is 0.578. The van der Waals surface area contributed by atoms with Crippen LogP contribution in [0.4, 0.5) is 0 Å². The second-order valence-corrected chi connectivity index (χ2v) is 8.20. The van der Waals surface area contributed by atoms with Crippen LogP contribution in [0.2, 0.25) is 0 Å². The van der Waals surface area contributed by atoms with Crippen LogP contribution in [0, 0.1) is 5.92 Å². The Labute approximate surface area is 196 Å². The number of para-hydroxylation sites is 1. The molecule has 184 valence electrons. The van der Waals surface area contributed by atoms with Gasteiger partial charge in [0, 0.05) is 24.4 Å². The van der Waals surface area contributed by atoms with Crippen molar-refractivity contribution in [2.45, 2.75) is 43.5 Å². The first-order valence-electron chi connectivity index (χ1n) is 10.8. The van der Waals surface area contributed by atoms with Gasteiger partial charge in [0.15, 0.2) is 0 Å². The molecule has 1 aliphatic rings. The van der Waals surface area contributed by atoms with Crippen molar-refractivity contribution in [3.63, 3.8) is 0 Å². The molecule has 0 aromatic heterocycles. The molecule has 0 radical (unpaired) electrons. The number of aliphatic hydroxyl groups is 4. The molecule has 0 bridgehead atoms. The number of hydrogen-bond acceptors (Lipinski definition) is 9. The number of methoxy groups -OCH3 is 1. The summed E-state index contributed by atoms with van der Waals surface area (Å²) in [5.41, 5.74) is 0.271. The van der Waals surface area contributed by atoms with E-state index in [1.807, 2.05) is 18.2 Å². The van der Waals surface area contributed by atoms with Crippen LogP contribution in [0.5, 0.6) is 11.5 Å². The number of ether oxygens (including phenoxy) is 3. The van der Waals surface area contributed by atoms with Crippen molar-refractivity contribution in [2.75, 3.05) is 13.7 Å². The number of carbonyl (C=O) groups excluding carboxylic acids is 2. The highest BCUT2D eigenvalue weighted by molar-refractivity contribution is 5.94. The van der Waals surface area contributed by atoms with Crippen LogP contribution in [-0.4, -0.2) is 76.2 Å². The van der Waals surface area contributed by atoms with E-state index in [0.717, 1.165) is 7.11 Å². The van der Waals surface area contributed by atoms with Crippen LogP contribution in [0.25, 0.3) is 0 Å². The predicted molar refractivity (Wildman–Crippen MR) is 119 cm³/mol. The van der Waals surface area contributed by atoms with Gasteiger partial charge >= 0.3 is 5.97 Å². The van der Waals surface area contributed by atoms with Gasteiger partial charge in [-0.3, -0.25) is 4.79 Å². The second-order valence-electron chi connectivity index (χ2n) is 8.20. The maximum atomic E-state index is 12.6. The summed E-state index contributed by atoms with van der Waals surface area (Å²) in [6, 6.07) is 15.5. The summed E-state index contributed by atoms with van der Waals surface area (Å²) >= 11 is 0. The third kappa shape index (κ3) is 5.91. The van der Waals surface area contributed by atoms with Gasteiger partial charge in [-0.1, -0.05) is 31.2 Å². The lowest BCUT2D eigenvalue weighted by Gasteiger charge is -2.44. The van der Waals surface area contributed by atoms with E-state index in [2.05, 4.69) is 10.1 Å². The standard InChI is InChI=1S/C24H29NO9/c1-14-18(26)12-24(31,23(30)32-2)34-21(14)20(28)19(27)13-25-22(29)15-7-6-10-17(11-15)33-16-8-4-3-5-9-16/h3-11,14,18-21,26-28,31H,12-13H2,1-2H3,(H,25,29)/t14-,18-,19-,20-,21?,24-/m1/s1. The minimum Gasteiger partial charge on any atom is -0.465 e. The van der Waals surface area contributed by atoms with E-state index in [1.54, 1.807) is 37.3 Å². The van der Waals surface area contributed by atoms with Crippen molar-refractivity contribution in [3.05, 3.63) is 60.2 Å². The molecule has 34 heavy (non-hydrogen) atoms. The van der Waals surface area contributed by atoms with Gasteiger partial charge in [0.2, 0.25) is 0 Å². The van der Waals surface area contributed by atoms with Crippen molar-refractivity contribution in [3.8, 4) is 11.5 Å². The minimum absolute atomic E-state index is 0.271. The number of nitrogens with one attached hydrogen (secondary N) is 1. The molecule has 6 atom stereocenters. The lowest BCUT2D eigenvalue weighted by atomic mass is 9.84. The maximum Gasteiger partial charge on any atom is 0.366 e. The molecule has 5 N–H and O–H groups in total. The summed E-state index contributed by atoms with van der Waals surface area (Å²) in [6.07, 6.45) is -6.10. The molecule has 1 saturated heterocycles. The molecule has 1 unspecified atom stereocenters. The number of hydrogen-bond donors (Lipinski definition) is 5. The topological polar surface area (TPSA) is 155 Å². The summed E-state index contributed by atoms with van der Waals surface area (Å²) in [7, 11) is 1.05.